The summed E-state index contributed by atoms with van der Waals surface area (Å²) in [4.78, 5) is 4.15. The van der Waals surface area contributed by atoms with Gasteiger partial charge in [-0.1, -0.05) is 6.07 Å². The molecule has 1 heterocycles. The Bertz CT molecular complexity index is 248. The second-order valence-corrected chi connectivity index (χ2v) is 2.72. The molecule has 0 aromatic carbocycles. The van der Waals surface area contributed by atoms with Gasteiger partial charge < -0.3 is 9.84 Å². The Morgan fingerprint density at radius 1 is 1.58 bits per heavy atom. The summed E-state index contributed by atoms with van der Waals surface area (Å²) in [6.07, 6.45) is 0.210. The van der Waals surface area contributed by atoms with Crippen molar-refractivity contribution in [2.24, 2.45) is 0 Å². The van der Waals surface area contributed by atoms with Gasteiger partial charge in [0.1, 0.15) is 0 Å². The monoisotopic (exact) mass is 167 g/mol. The molecule has 0 saturated carbocycles. The minimum atomic E-state index is -0.357. The van der Waals surface area contributed by atoms with Gasteiger partial charge >= 0.3 is 0 Å². The van der Waals surface area contributed by atoms with Gasteiger partial charge in [-0.3, -0.25) is 0 Å². The van der Waals surface area contributed by atoms with E-state index in [-0.39, 0.29) is 6.10 Å². The molecule has 0 aliphatic heterocycles. The number of hydrogen-bond acceptors (Lipinski definition) is 3. The van der Waals surface area contributed by atoms with E-state index in [9.17, 15) is 0 Å². The van der Waals surface area contributed by atoms with Crippen molar-refractivity contribution < 1.29 is 9.84 Å². The molecule has 0 saturated heterocycles. The molecular weight excluding hydrogens is 154 g/mol. The Labute approximate surface area is 72.0 Å². The van der Waals surface area contributed by atoms with E-state index in [4.69, 9.17) is 9.84 Å². The molecule has 12 heavy (non-hydrogen) atoms. The highest BCUT2D eigenvalue weighted by molar-refractivity contribution is 5.15. The molecule has 0 spiro atoms. The summed E-state index contributed by atoms with van der Waals surface area (Å²) in [6.45, 7) is 1.74. The molecule has 1 aromatic heterocycles. The number of aliphatic hydroxyl groups is 1. The van der Waals surface area contributed by atoms with E-state index in [0.29, 0.717) is 12.3 Å². The van der Waals surface area contributed by atoms with Crippen molar-refractivity contribution >= 4 is 0 Å². The molecule has 1 atom stereocenters. The first kappa shape index (κ1) is 9.00. The highest BCUT2D eigenvalue weighted by atomic mass is 16.5. The summed E-state index contributed by atoms with van der Waals surface area (Å²) >= 11 is 0. The molecule has 0 aliphatic rings. The Hall–Kier alpha value is -1.09. The van der Waals surface area contributed by atoms with Crippen LogP contribution in [0.5, 0.6) is 5.88 Å². The zero-order valence-corrected chi connectivity index (χ0v) is 7.32. The van der Waals surface area contributed by atoms with Gasteiger partial charge in [-0.05, 0) is 13.0 Å². The predicted octanol–water partition coefficient (Wildman–Crippen LogP) is 1.01. The number of pyridine rings is 1. The van der Waals surface area contributed by atoms with Crippen LogP contribution in [0.1, 0.15) is 12.6 Å². The van der Waals surface area contributed by atoms with E-state index in [1.807, 2.05) is 12.1 Å². The summed E-state index contributed by atoms with van der Waals surface area (Å²) in [5.41, 5.74) is 0.851. The first-order valence-corrected chi connectivity index (χ1v) is 3.90. The predicted molar refractivity (Wildman–Crippen MR) is 46.2 cm³/mol. The number of aliphatic hydroxyl groups excluding tert-OH is 1. The van der Waals surface area contributed by atoms with E-state index >= 15 is 0 Å². The van der Waals surface area contributed by atoms with Crippen LogP contribution < -0.4 is 4.74 Å². The molecule has 0 aliphatic carbocycles. The quantitative estimate of drug-likeness (QED) is 0.730. The van der Waals surface area contributed by atoms with E-state index in [1.165, 1.54) is 0 Å². The smallest absolute Gasteiger partial charge is 0.213 e. The molecule has 1 N–H and O–H groups in total. The normalized spacial score (nSPS) is 12.6. The molecule has 0 radical (unpaired) electrons. The largest absolute Gasteiger partial charge is 0.481 e. The van der Waals surface area contributed by atoms with Crippen LogP contribution >= 0.6 is 0 Å². The third-order valence-electron chi connectivity index (χ3n) is 1.49. The summed E-state index contributed by atoms with van der Waals surface area (Å²) in [5.74, 6) is 0.591. The van der Waals surface area contributed by atoms with Crippen LogP contribution in [0.3, 0.4) is 0 Å². The van der Waals surface area contributed by atoms with Gasteiger partial charge in [-0.15, -0.1) is 0 Å². The topological polar surface area (TPSA) is 42.4 Å². The Morgan fingerprint density at radius 3 is 2.92 bits per heavy atom. The van der Waals surface area contributed by atoms with Crippen LogP contribution in [-0.2, 0) is 6.42 Å². The fraction of sp³-hybridized carbons (Fsp3) is 0.444. The molecule has 0 unspecified atom stereocenters. The lowest BCUT2D eigenvalue weighted by Gasteiger charge is -2.04. The zero-order valence-electron chi connectivity index (χ0n) is 7.32. The number of ether oxygens (including phenoxy) is 1. The summed E-state index contributed by atoms with van der Waals surface area (Å²) < 4.78 is 4.94. The first-order chi connectivity index (χ1) is 5.72. The minimum absolute atomic E-state index is 0.357. The third kappa shape index (κ3) is 2.51. The lowest BCUT2D eigenvalue weighted by molar-refractivity contribution is 0.194. The van der Waals surface area contributed by atoms with E-state index in [1.54, 1.807) is 20.1 Å². The van der Waals surface area contributed by atoms with Gasteiger partial charge in [-0.2, -0.15) is 0 Å². The van der Waals surface area contributed by atoms with Crippen LogP contribution in [0.4, 0.5) is 0 Å². The minimum Gasteiger partial charge on any atom is -0.481 e. The highest BCUT2D eigenvalue weighted by Gasteiger charge is 2.00. The Kier molecular flexibility index (Phi) is 3.05. The van der Waals surface area contributed by atoms with Crippen molar-refractivity contribution in [3.63, 3.8) is 0 Å². The number of rotatable bonds is 3. The lowest BCUT2D eigenvalue weighted by atomic mass is 10.2. The number of nitrogens with zero attached hydrogens (tertiary/aromatic N) is 1. The van der Waals surface area contributed by atoms with Gasteiger partial charge in [0.2, 0.25) is 5.88 Å². The zero-order chi connectivity index (χ0) is 8.97. The number of aromatic nitrogens is 1. The van der Waals surface area contributed by atoms with Gasteiger partial charge in [0.15, 0.2) is 0 Å². The van der Waals surface area contributed by atoms with Crippen molar-refractivity contribution in [2.45, 2.75) is 19.4 Å². The average Bonchev–Trinajstić information content (AvgIpc) is 2.03. The second kappa shape index (κ2) is 4.07. The van der Waals surface area contributed by atoms with Crippen LogP contribution in [0, 0.1) is 0 Å². The Morgan fingerprint density at radius 2 is 2.33 bits per heavy atom. The van der Waals surface area contributed by atoms with Crippen LogP contribution in [0.2, 0.25) is 0 Å². The van der Waals surface area contributed by atoms with Crippen molar-refractivity contribution in [3.8, 4) is 5.88 Å². The van der Waals surface area contributed by atoms with E-state index < -0.39 is 0 Å². The van der Waals surface area contributed by atoms with Crippen LogP contribution in [0.15, 0.2) is 18.2 Å². The second-order valence-electron chi connectivity index (χ2n) is 2.72. The molecule has 0 amide bonds. The average molecular weight is 167 g/mol. The molecule has 3 heteroatoms. The molecule has 1 aromatic rings. The van der Waals surface area contributed by atoms with Gasteiger partial charge in [-0.25, -0.2) is 4.98 Å². The maximum Gasteiger partial charge on any atom is 0.213 e. The lowest BCUT2D eigenvalue weighted by Crippen LogP contribution is -2.06. The van der Waals surface area contributed by atoms with E-state index in [0.717, 1.165) is 5.69 Å². The van der Waals surface area contributed by atoms with Gasteiger partial charge in [0.05, 0.1) is 13.2 Å². The van der Waals surface area contributed by atoms with Crippen molar-refractivity contribution in [3.05, 3.63) is 23.9 Å². The van der Waals surface area contributed by atoms with E-state index in [2.05, 4.69) is 4.98 Å². The fourth-order valence-corrected chi connectivity index (χ4v) is 0.988. The maximum absolute atomic E-state index is 9.09. The first-order valence-electron chi connectivity index (χ1n) is 3.90. The summed E-state index contributed by atoms with van der Waals surface area (Å²) in [7, 11) is 1.58. The van der Waals surface area contributed by atoms with Crippen molar-refractivity contribution in [1.29, 1.82) is 0 Å². The summed E-state index contributed by atoms with van der Waals surface area (Å²) in [5, 5.41) is 9.09. The Balaban J connectivity index is 2.72. The number of methoxy groups -OCH3 is 1. The molecule has 0 bridgehead atoms. The van der Waals surface area contributed by atoms with Gasteiger partial charge in [0, 0.05) is 18.2 Å². The fourth-order valence-electron chi connectivity index (χ4n) is 0.988. The van der Waals surface area contributed by atoms with Gasteiger partial charge in [0.25, 0.3) is 0 Å². The van der Waals surface area contributed by atoms with Crippen LogP contribution in [-0.4, -0.2) is 23.3 Å². The molecular formula is C9H13NO2. The summed E-state index contributed by atoms with van der Waals surface area (Å²) in [6, 6.07) is 5.52. The molecule has 1 rings (SSSR count). The molecule has 0 fully saturated rings. The molecule has 3 nitrogen and oxygen atoms in total. The standard InChI is InChI=1S/C9H13NO2/c1-7(11)6-8-4-3-5-9(10-8)12-2/h3-5,7,11H,6H2,1-2H3/t7-/m0/s1. The maximum atomic E-state index is 9.09. The highest BCUT2D eigenvalue weighted by Crippen LogP contribution is 2.07. The SMILES string of the molecule is COc1cccc(C[C@H](C)O)n1. The van der Waals surface area contributed by atoms with Crippen LogP contribution in [0.25, 0.3) is 0 Å². The third-order valence-corrected chi connectivity index (χ3v) is 1.49. The molecule has 66 valence electrons. The van der Waals surface area contributed by atoms with Crippen molar-refractivity contribution in [2.75, 3.05) is 7.11 Å². The number of hydrogen-bond donors (Lipinski definition) is 1. The van der Waals surface area contributed by atoms with Crippen molar-refractivity contribution in [1.82, 2.24) is 4.98 Å².